The maximum absolute atomic E-state index is 12.7. The zero-order chi connectivity index (χ0) is 12.6. The van der Waals surface area contributed by atoms with Gasteiger partial charge in [-0.05, 0) is 17.7 Å². The molecule has 1 atom stereocenters. The molecule has 1 aromatic carbocycles. The minimum absolute atomic E-state index is 0.159. The number of alkyl halides is 3. The molecule has 1 aromatic heterocycles. The van der Waals surface area contributed by atoms with E-state index in [1.165, 1.54) is 12.1 Å². The number of nitrogens with two attached hydrogens (primary N) is 1. The third kappa shape index (κ3) is 2.12. The van der Waals surface area contributed by atoms with Crippen LogP contribution in [0.25, 0.3) is 11.0 Å². The Labute approximate surface area is 96.0 Å². The molecule has 92 valence electrons. The third-order valence-electron chi connectivity index (χ3n) is 2.78. The number of hydrogen-bond donors (Lipinski definition) is 1. The molecule has 2 rings (SSSR count). The summed E-state index contributed by atoms with van der Waals surface area (Å²) in [6.45, 7) is -0.457. The summed E-state index contributed by atoms with van der Waals surface area (Å²) in [5.41, 5.74) is 6.70. The zero-order valence-corrected chi connectivity index (χ0v) is 9.20. The van der Waals surface area contributed by atoms with Gasteiger partial charge in [0.1, 0.15) is 0 Å². The Morgan fingerprint density at radius 3 is 2.71 bits per heavy atom. The van der Waals surface area contributed by atoms with Crippen LogP contribution in [-0.4, -0.2) is 22.3 Å². The largest absolute Gasteiger partial charge is 0.396 e. The number of aromatic nitrogens is 2. The minimum atomic E-state index is -4.32. The van der Waals surface area contributed by atoms with Gasteiger partial charge < -0.3 is 10.3 Å². The number of benzene rings is 1. The van der Waals surface area contributed by atoms with Crippen LogP contribution in [0, 0.1) is 0 Å². The molecule has 0 aliphatic heterocycles. The average Bonchev–Trinajstić information content (AvgIpc) is 2.59. The van der Waals surface area contributed by atoms with Crippen molar-refractivity contribution in [3.63, 3.8) is 0 Å². The van der Waals surface area contributed by atoms with Crippen LogP contribution < -0.4 is 5.73 Å². The summed E-state index contributed by atoms with van der Waals surface area (Å²) in [5.74, 6) is -1.63. The van der Waals surface area contributed by atoms with Gasteiger partial charge in [-0.3, -0.25) is 0 Å². The summed E-state index contributed by atoms with van der Waals surface area (Å²) >= 11 is 0. The molecule has 0 fully saturated rings. The standard InChI is InChI=1S/C11H12F3N3/c1-17-6-16-9-4-7(2-3-10(9)17)8(5-15)11(12,13)14/h2-4,6,8H,5,15H2,1H3. The van der Waals surface area contributed by atoms with E-state index in [-0.39, 0.29) is 5.56 Å². The fourth-order valence-corrected chi connectivity index (χ4v) is 1.83. The second kappa shape index (κ2) is 4.03. The van der Waals surface area contributed by atoms with Crippen LogP contribution >= 0.6 is 0 Å². The number of fused-ring (bicyclic) bond motifs is 1. The lowest BCUT2D eigenvalue weighted by Gasteiger charge is -2.18. The van der Waals surface area contributed by atoms with Gasteiger partial charge >= 0.3 is 6.18 Å². The van der Waals surface area contributed by atoms with Crippen molar-refractivity contribution in [1.29, 1.82) is 0 Å². The number of aryl methyl sites for hydroxylation is 1. The van der Waals surface area contributed by atoms with Crippen molar-refractivity contribution in [1.82, 2.24) is 9.55 Å². The highest BCUT2D eigenvalue weighted by Gasteiger charge is 2.39. The first kappa shape index (κ1) is 11.9. The number of imidazole rings is 1. The first-order chi connectivity index (χ1) is 7.93. The van der Waals surface area contributed by atoms with Crippen molar-refractivity contribution in [3.8, 4) is 0 Å². The topological polar surface area (TPSA) is 43.8 Å². The van der Waals surface area contributed by atoms with Crippen molar-refractivity contribution in [2.75, 3.05) is 6.54 Å². The molecule has 0 radical (unpaired) electrons. The van der Waals surface area contributed by atoms with Gasteiger partial charge in [-0.15, -0.1) is 0 Å². The maximum atomic E-state index is 12.7. The smallest absolute Gasteiger partial charge is 0.334 e. The molecule has 0 aliphatic carbocycles. The van der Waals surface area contributed by atoms with E-state index in [9.17, 15) is 13.2 Å². The lowest BCUT2D eigenvalue weighted by atomic mass is 9.98. The molecule has 2 N–H and O–H groups in total. The van der Waals surface area contributed by atoms with Crippen LogP contribution in [0.3, 0.4) is 0 Å². The maximum Gasteiger partial charge on any atom is 0.396 e. The summed E-state index contributed by atoms with van der Waals surface area (Å²) in [5, 5.41) is 0. The Hall–Kier alpha value is -1.56. The summed E-state index contributed by atoms with van der Waals surface area (Å²) in [6, 6.07) is 4.53. The highest BCUT2D eigenvalue weighted by atomic mass is 19.4. The van der Waals surface area contributed by atoms with Crippen LogP contribution in [0.1, 0.15) is 11.5 Å². The van der Waals surface area contributed by atoms with Crippen LogP contribution in [0.5, 0.6) is 0 Å². The van der Waals surface area contributed by atoms with E-state index in [1.807, 2.05) is 0 Å². The molecule has 0 spiro atoms. The van der Waals surface area contributed by atoms with Crippen molar-refractivity contribution in [3.05, 3.63) is 30.1 Å². The van der Waals surface area contributed by atoms with E-state index in [4.69, 9.17) is 5.73 Å². The van der Waals surface area contributed by atoms with Gasteiger partial charge in [0.2, 0.25) is 0 Å². The fourth-order valence-electron chi connectivity index (χ4n) is 1.83. The quantitative estimate of drug-likeness (QED) is 0.878. The Bertz CT molecular complexity index is 530. The Morgan fingerprint density at radius 2 is 2.12 bits per heavy atom. The molecule has 1 heterocycles. The molecule has 2 aromatic rings. The van der Waals surface area contributed by atoms with Gasteiger partial charge in [0, 0.05) is 13.6 Å². The summed E-state index contributed by atoms with van der Waals surface area (Å²) < 4.78 is 39.9. The number of rotatable bonds is 2. The monoisotopic (exact) mass is 243 g/mol. The molecular formula is C11H12F3N3. The van der Waals surface area contributed by atoms with E-state index in [2.05, 4.69) is 4.98 Å². The second-order valence-corrected chi connectivity index (χ2v) is 3.93. The molecule has 3 nitrogen and oxygen atoms in total. The lowest BCUT2D eigenvalue weighted by Crippen LogP contribution is -2.27. The highest BCUT2D eigenvalue weighted by molar-refractivity contribution is 5.76. The predicted octanol–water partition coefficient (Wildman–Crippen LogP) is 2.18. The molecular weight excluding hydrogens is 231 g/mol. The molecule has 1 unspecified atom stereocenters. The SMILES string of the molecule is Cn1cnc2cc(C(CN)C(F)(F)F)ccc21. The summed E-state index contributed by atoms with van der Waals surface area (Å²) in [6.07, 6.45) is -2.75. The van der Waals surface area contributed by atoms with Gasteiger partial charge in [-0.2, -0.15) is 13.2 Å². The van der Waals surface area contributed by atoms with E-state index in [0.717, 1.165) is 5.52 Å². The predicted molar refractivity (Wildman–Crippen MR) is 58.6 cm³/mol. The van der Waals surface area contributed by atoms with E-state index in [1.54, 1.807) is 24.0 Å². The van der Waals surface area contributed by atoms with Gasteiger partial charge in [0.05, 0.1) is 23.3 Å². The Balaban J connectivity index is 2.48. The first-order valence-corrected chi connectivity index (χ1v) is 5.11. The number of halogens is 3. The van der Waals surface area contributed by atoms with Crippen LogP contribution in [-0.2, 0) is 7.05 Å². The normalized spacial score (nSPS) is 14.2. The van der Waals surface area contributed by atoms with Gasteiger partial charge in [0.25, 0.3) is 0 Å². The van der Waals surface area contributed by atoms with Crippen molar-refractivity contribution < 1.29 is 13.2 Å². The Kier molecular flexibility index (Phi) is 2.82. The van der Waals surface area contributed by atoms with E-state index < -0.39 is 18.6 Å². The second-order valence-electron chi connectivity index (χ2n) is 3.93. The minimum Gasteiger partial charge on any atom is -0.334 e. The molecule has 0 bridgehead atoms. The number of hydrogen-bond acceptors (Lipinski definition) is 2. The van der Waals surface area contributed by atoms with Crippen molar-refractivity contribution >= 4 is 11.0 Å². The highest BCUT2D eigenvalue weighted by Crippen LogP contribution is 2.34. The molecule has 6 heteroatoms. The molecule has 0 amide bonds. The van der Waals surface area contributed by atoms with Crippen molar-refractivity contribution in [2.45, 2.75) is 12.1 Å². The zero-order valence-electron chi connectivity index (χ0n) is 9.20. The van der Waals surface area contributed by atoms with Crippen LogP contribution in [0.15, 0.2) is 24.5 Å². The number of nitrogens with zero attached hydrogens (tertiary/aromatic N) is 2. The third-order valence-corrected chi connectivity index (χ3v) is 2.78. The molecule has 0 aliphatic rings. The van der Waals surface area contributed by atoms with Gasteiger partial charge in [-0.25, -0.2) is 4.98 Å². The lowest BCUT2D eigenvalue weighted by molar-refractivity contribution is -0.148. The van der Waals surface area contributed by atoms with Crippen molar-refractivity contribution in [2.24, 2.45) is 12.8 Å². The van der Waals surface area contributed by atoms with E-state index >= 15 is 0 Å². The molecule has 17 heavy (non-hydrogen) atoms. The van der Waals surface area contributed by atoms with Crippen LogP contribution in [0.2, 0.25) is 0 Å². The molecule has 0 saturated heterocycles. The molecule has 0 saturated carbocycles. The van der Waals surface area contributed by atoms with E-state index in [0.29, 0.717) is 5.52 Å². The Morgan fingerprint density at radius 1 is 1.41 bits per heavy atom. The van der Waals surface area contributed by atoms with Crippen LogP contribution in [0.4, 0.5) is 13.2 Å². The fraction of sp³-hybridized carbons (Fsp3) is 0.364. The average molecular weight is 243 g/mol. The summed E-state index contributed by atoms with van der Waals surface area (Å²) in [7, 11) is 1.79. The first-order valence-electron chi connectivity index (χ1n) is 5.11. The van der Waals surface area contributed by atoms with Gasteiger partial charge in [0.15, 0.2) is 0 Å². The summed E-state index contributed by atoms with van der Waals surface area (Å²) in [4.78, 5) is 4.03. The van der Waals surface area contributed by atoms with Gasteiger partial charge in [-0.1, -0.05) is 6.07 Å².